The van der Waals surface area contributed by atoms with Gasteiger partial charge >= 0.3 is 0 Å². The van der Waals surface area contributed by atoms with Crippen LogP contribution in [0.4, 0.5) is 0 Å². The zero-order valence-electron chi connectivity index (χ0n) is 16.9. The van der Waals surface area contributed by atoms with Crippen molar-refractivity contribution in [2.24, 2.45) is 0 Å². The molecule has 0 spiro atoms. The Bertz CT molecular complexity index is 832. The Morgan fingerprint density at radius 3 is 2.29 bits per heavy atom. The number of nitrogens with zero attached hydrogens (tertiary/aromatic N) is 2. The summed E-state index contributed by atoms with van der Waals surface area (Å²) in [7, 11) is 0. The summed E-state index contributed by atoms with van der Waals surface area (Å²) in [5, 5.41) is 0. The topological polar surface area (TPSA) is 49.9 Å². The van der Waals surface area contributed by atoms with Crippen LogP contribution in [0.1, 0.15) is 34.8 Å². The standard InChI is InChI=1S/C23H28N2O3/c1-17-8-10-21(11-9-17)28-19(3)22(26)24-12-5-13-25(15-14-24)23(27)20-7-4-6-18(2)16-20/h4,6-11,16,19H,5,12-15H2,1-3H3. The fourth-order valence-corrected chi connectivity index (χ4v) is 3.43. The van der Waals surface area contributed by atoms with E-state index in [9.17, 15) is 9.59 Å². The lowest BCUT2D eigenvalue weighted by molar-refractivity contribution is -0.137. The molecule has 0 saturated carbocycles. The van der Waals surface area contributed by atoms with Crippen LogP contribution in [0.2, 0.25) is 0 Å². The Labute approximate surface area is 166 Å². The molecule has 148 valence electrons. The second-order valence-electron chi connectivity index (χ2n) is 7.41. The predicted octanol–water partition coefficient (Wildman–Crippen LogP) is 3.45. The molecule has 0 aromatic heterocycles. The van der Waals surface area contributed by atoms with Crippen molar-refractivity contribution in [1.82, 2.24) is 9.80 Å². The predicted molar refractivity (Wildman–Crippen MR) is 110 cm³/mol. The molecular weight excluding hydrogens is 352 g/mol. The van der Waals surface area contributed by atoms with E-state index in [-0.39, 0.29) is 11.8 Å². The van der Waals surface area contributed by atoms with Gasteiger partial charge < -0.3 is 14.5 Å². The van der Waals surface area contributed by atoms with E-state index in [0.717, 1.165) is 17.5 Å². The third-order valence-corrected chi connectivity index (χ3v) is 5.04. The zero-order chi connectivity index (χ0) is 20.1. The van der Waals surface area contributed by atoms with Crippen molar-refractivity contribution < 1.29 is 14.3 Å². The van der Waals surface area contributed by atoms with Gasteiger partial charge in [0.05, 0.1) is 0 Å². The van der Waals surface area contributed by atoms with Gasteiger partial charge in [-0.3, -0.25) is 9.59 Å². The highest BCUT2D eigenvalue weighted by molar-refractivity contribution is 5.94. The number of amides is 2. The van der Waals surface area contributed by atoms with E-state index in [1.54, 1.807) is 6.92 Å². The van der Waals surface area contributed by atoms with Crippen LogP contribution in [-0.4, -0.2) is 53.9 Å². The Kier molecular flexibility index (Phi) is 6.34. The van der Waals surface area contributed by atoms with Gasteiger partial charge in [-0.25, -0.2) is 0 Å². The lowest BCUT2D eigenvalue weighted by Gasteiger charge is -2.25. The molecule has 28 heavy (non-hydrogen) atoms. The number of ether oxygens (including phenoxy) is 1. The summed E-state index contributed by atoms with van der Waals surface area (Å²) < 4.78 is 5.81. The summed E-state index contributed by atoms with van der Waals surface area (Å²) in [5.74, 6) is 0.685. The minimum absolute atomic E-state index is 0.0296. The molecule has 5 nitrogen and oxygen atoms in total. The summed E-state index contributed by atoms with van der Waals surface area (Å²) in [6, 6.07) is 15.3. The van der Waals surface area contributed by atoms with Crippen LogP contribution in [0.5, 0.6) is 5.75 Å². The van der Waals surface area contributed by atoms with Crippen molar-refractivity contribution in [2.75, 3.05) is 26.2 Å². The normalized spacial score (nSPS) is 15.7. The second kappa shape index (κ2) is 8.91. The molecule has 2 aromatic carbocycles. The summed E-state index contributed by atoms with van der Waals surface area (Å²) >= 11 is 0. The number of benzene rings is 2. The highest BCUT2D eigenvalue weighted by atomic mass is 16.5. The van der Waals surface area contributed by atoms with Gasteiger partial charge in [-0.1, -0.05) is 35.4 Å². The van der Waals surface area contributed by atoms with Crippen molar-refractivity contribution >= 4 is 11.8 Å². The van der Waals surface area contributed by atoms with Crippen molar-refractivity contribution in [2.45, 2.75) is 33.3 Å². The summed E-state index contributed by atoms with van der Waals surface area (Å²) in [5.41, 5.74) is 2.92. The highest BCUT2D eigenvalue weighted by Gasteiger charge is 2.26. The van der Waals surface area contributed by atoms with Crippen molar-refractivity contribution in [3.05, 3.63) is 65.2 Å². The lowest BCUT2D eigenvalue weighted by Crippen LogP contribution is -2.43. The second-order valence-corrected chi connectivity index (χ2v) is 7.41. The molecule has 0 aliphatic carbocycles. The van der Waals surface area contributed by atoms with Crippen LogP contribution >= 0.6 is 0 Å². The first-order valence-corrected chi connectivity index (χ1v) is 9.82. The molecule has 1 heterocycles. The number of carbonyl (C=O) groups excluding carboxylic acids is 2. The fourth-order valence-electron chi connectivity index (χ4n) is 3.43. The maximum atomic E-state index is 12.8. The van der Waals surface area contributed by atoms with Gasteiger partial charge in [-0.2, -0.15) is 0 Å². The fraction of sp³-hybridized carbons (Fsp3) is 0.391. The van der Waals surface area contributed by atoms with E-state index in [1.807, 2.05) is 72.2 Å². The molecule has 1 aliphatic heterocycles. The molecule has 2 amide bonds. The van der Waals surface area contributed by atoms with Gasteiger partial charge in [-0.15, -0.1) is 0 Å². The van der Waals surface area contributed by atoms with E-state index >= 15 is 0 Å². The molecule has 1 aliphatic rings. The molecule has 0 bridgehead atoms. The molecule has 1 atom stereocenters. The van der Waals surface area contributed by atoms with Crippen LogP contribution in [0.25, 0.3) is 0 Å². The van der Waals surface area contributed by atoms with Crippen LogP contribution < -0.4 is 4.74 Å². The largest absolute Gasteiger partial charge is 0.481 e. The maximum absolute atomic E-state index is 12.8. The first-order valence-electron chi connectivity index (χ1n) is 9.82. The van der Waals surface area contributed by atoms with Gasteiger partial charge in [0.25, 0.3) is 11.8 Å². The minimum Gasteiger partial charge on any atom is -0.481 e. The first kappa shape index (κ1) is 19.9. The zero-order valence-corrected chi connectivity index (χ0v) is 16.9. The van der Waals surface area contributed by atoms with E-state index in [4.69, 9.17) is 4.74 Å². The van der Waals surface area contributed by atoms with Crippen LogP contribution in [-0.2, 0) is 4.79 Å². The summed E-state index contributed by atoms with van der Waals surface area (Å²) in [6.07, 6.45) is 0.210. The van der Waals surface area contributed by atoms with E-state index in [2.05, 4.69) is 0 Å². The molecule has 0 N–H and O–H groups in total. The Morgan fingerprint density at radius 1 is 0.893 bits per heavy atom. The monoisotopic (exact) mass is 380 g/mol. The highest BCUT2D eigenvalue weighted by Crippen LogP contribution is 2.16. The number of hydrogen-bond donors (Lipinski definition) is 0. The first-order chi connectivity index (χ1) is 13.4. The van der Waals surface area contributed by atoms with Gasteiger partial charge in [-0.05, 0) is 51.5 Å². The third kappa shape index (κ3) is 4.91. The minimum atomic E-state index is -0.554. The molecule has 5 heteroatoms. The van der Waals surface area contributed by atoms with Crippen LogP contribution in [0.3, 0.4) is 0 Å². The van der Waals surface area contributed by atoms with Gasteiger partial charge in [0.15, 0.2) is 6.10 Å². The molecule has 1 fully saturated rings. The molecule has 0 radical (unpaired) electrons. The quantitative estimate of drug-likeness (QED) is 0.816. The van der Waals surface area contributed by atoms with Gasteiger partial charge in [0, 0.05) is 31.7 Å². The van der Waals surface area contributed by atoms with E-state index in [1.165, 1.54) is 0 Å². The van der Waals surface area contributed by atoms with Crippen LogP contribution in [0.15, 0.2) is 48.5 Å². The maximum Gasteiger partial charge on any atom is 0.263 e. The van der Waals surface area contributed by atoms with Crippen LogP contribution in [0, 0.1) is 13.8 Å². The number of aryl methyl sites for hydroxylation is 2. The number of hydrogen-bond acceptors (Lipinski definition) is 3. The van der Waals surface area contributed by atoms with Crippen molar-refractivity contribution in [1.29, 1.82) is 0 Å². The molecule has 3 rings (SSSR count). The number of carbonyl (C=O) groups is 2. The summed E-state index contributed by atoms with van der Waals surface area (Å²) in [6.45, 7) is 8.13. The molecule has 1 saturated heterocycles. The number of rotatable bonds is 4. The molecule has 1 unspecified atom stereocenters. The van der Waals surface area contributed by atoms with Gasteiger partial charge in [0.2, 0.25) is 0 Å². The third-order valence-electron chi connectivity index (χ3n) is 5.04. The van der Waals surface area contributed by atoms with E-state index < -0.39 is 6.10 Å². The lowest BCUT2D eigenvalue weighted by atomic mass is 10.1. The van der Waals surface area contributed by atoms with E-state index in [0.29, 0.717) is 37.5 Å². The van der Waals surface area contributed by atoms with Gasteiger partial charge in [0.1, 0.15) is 5.75 Å². The van der Waals surface area contributed by atoms with Crippen molar-refractivity contribution in [3.8, 4) is 5.75 Å². The SMILES string of the molecule is Cc1ccc(OC(C)C(=O)N2CCCN(C(=O)c3cccc(C)c3)CC2)cc1. The van der Waals surface area contributed by atoms with Crippen molar-refractivity contribution in [3.63, 3.8) is 0 Å². The Hall–Kier alpha value is -2.82. The summed E-state index contributed by atoms with van der Waals surface area (Å²) in [4.78, 5) is 29.2. The Balaban J connectivity index is 1.58. The average molecular weight is 380 g/mol. The molecule has 2 aromatic rings. The molecular formula is C23H28N2O3. The smallest absolute Gasteiger partial charge is 0.263 e. The Morgan fingerprint density at radius 2 is 1.57 bits per heavy atom. The average Bonchev–Trinajstić information content (AvgIpc) is 2.94.